The minimum atomic E-state index is -1.50. The van der Waals surface area contributed by atoms with Crippen LogP contribution in [0, 0.1) is 5.82 Å². The van der Waals surface area contributed by atoms with Crippen LogP contribution in [0.3, 0.4) is 0 Å². The van der Waals surface area contributed by atoms with Crippen LogP contribution in [0.1, 0.15) is 20.7 Å². The first-order valence-electron chi connectivity index (χ1n) is 7.53. The molecule has 138 valence electrons. The zero-order valence-electron chi connectivity index (χ0n) is 13.4. The number of rotatable bonds is 5. The van der Waals surface area contributed by atoms with Crippen LogP contribution >= 0.6 is 11.6 Å². The van der Waals surface area contributed by atoms with E-state index < -0.39 is 30.0 Å². The van der Waals surface area contributed by atoms with Crippen molar-refractivity contribution in [2.24, 2.45) is 0 Å². The first-order valence-corrected chi connectivity index (χ1v) is 7.91. The molecule has 1 atom stereocenters. The molecule has 0 radical (unpaired) electrons. The number of carbonyl (C=O) groups is 3. The number of esters is 2. The first kappa shape index (κ1) is 18.4. The molecule has 0 unspecified atom stereocenters. The molecule has 1 aliphatic rings. The highest BCUT2D eigenvalue weighted by atomic mass is 35.5. The molecule has 2 N–H and O–H groups in total. The van der Waals surface area contributed by atoms with E-state index in [1.54, 1.807) is 0 Å². The number of carboxylic acids is 1. The van der Waals surface area contributed by atoms with Gasteiger partial charge in [-0.3, -0.25) is 0 Å². The standard InChI is InChI=1S/C18H11ClFNO6/c19-13-14(21-10-7-5-9(6-8-10)15(22)23)18(27-17(13)25)26-16(24)11-3-1-2-4-12(11)20/h1-8,18,21H,(H,22,23)/t18-/m0/s1. The van der Waals surface area contributed by atoms with Crippen molar-refractivity contribution in [3.05, 3.63) is 76.2 Å². The number of benzene rings is 2. The van der Waals surface area contributed by atoms with Crippen molar-refractivity contribution in [3.63, 3.8) is 0 Å². The van der Waals surface area contributed by atoms with E-state index in [4.69, 9.17) is 26.2 Å². The molecule has 7 nitrogen and oxygen atoms in total. The number of carboxylic acid groups (broad SMARTS) is 1. The van der Waals surface area contributed by atoms with Crippen LogP contribution in [0.4, 0.5) is 10.1 Å². The first-order chi connectivity index (χ1) is 12.9. The Hall–Kier alpha value is -3.39. The molecule has 0 aliphatic carbocycles. The lowest BCUT2D eigenvalue weighted by molar-refractivity contribution is -0.152. The summed E-state index contributed by atoms with van der Waals surface area (Å²) in [5.41, 5.74) is 0.0384. The fraction of sp³-hybridized carbons (Fsp3) is 0.0556. The molecule has 27 heavy (non-hydrogen) atoms. The molecule has 0 bridgehead atoms. The average Bonchev–Trinajstić information content (AvgIpc) is 2.90. The van der Waals surface area contributed by atoms with Gasteiger partial charge in [-0.25, -0.2) is 18.8 Å². The SMILES string of the molecule is O=C1O[C@H](OC(=O)c2ccccc2F)C(Nc2ccc(C(=O)O)cc2)=C1Cl. The molecule has 9 heteroatoms. The van der Waals surface area contributed by atoms with E-state index in [0.29, 0.717) is 5.69 Å². The highest BCUT2D eigenvalue weighted by molar-refractivity contribution is 6.42. The summed E-state index contributed by atoms with van der Waals surface area (Å²) in [6.07, 6.45) is -1.50. The van der Waals surface area contributed by atoms with Crippen LogP contribution in [-0.2, 0) is 14.3 Å². The summed E-state index contributed by atoms with van der Waals surface area (Å²) < 4.78 is 23.6. The molecule has 0 fully saturated rings. The number of aromatic carboxylic acids is 1. The molecule has 2 aromatic rings. The minimum Gasteiger partial charge on any atom is -0.478 e. The molecule has 1 aliphatic heterocycles. The summed E-state index contributed by atoms with van der Waals surface area (Å²) in [5, 5.41) is 11.3. The van der Waals surface area contributed by atoms with Gasteiger partial charge in [-0.2, -0.15) is 0 Å². The number of ether oxygens (including phenoxy) is 2. The van der Waals surface area contributed by atoms with Crippen LogP contribution in [0.5, 0.6) is 0 Å². The summed E-state index contributed by atoms with van der Waals surface area (Å²) in [5.74, 6) is -3.86. The average molecular weight is 392 g/mol. The Balaban J connectivity index is 1.79. The van der Waals surface area contributed by atoms with Gasteiger partial charge in [0.25, 0.3) is 6.29 Å². The number of cyclic esters (lactones) is 1. The Bertz CT molecular complexity index is 957. The lowest BCUT2D eigenvalue weighted by atomic mass is 10.2. The van der Waals surface area contributed by atoms with Gasteiger partial charge < -0.3 is 19.9 Å². The summed E-state index contributed by atoms with van der Waals surface area (Å²) in [4.78, 5) is 34.7. The predicted molar refractivity (Wildman–Crippen MR) is 91.6 cm³/mol. The van der Waals surface area contributed by atoms with Gasteiger partial charge in [-0.15, -0.1) is 0 Å². The van der Waals surface area contributed by atoms with Gasteiger partial charge in [-0.05, 0) is 36.4 Å². The molecule has 1 heterocycles. The highest BCUT2D eigenvalue weighted by Gasteiger charge is 2.37. The van der Waals surface area contributed by atoms with Crippen molar-refractivity contribution in [3.8, 4) is 0 Å². The topological polar surface area (TPSA) is 102 Å². The molecular formula is C18H11ClFNO6. The molecule has 0 saturated carbocycles. The number of hydrogen-bond acceptors (Lipinski definition) is 6. The maximum atomic E-state index is 13.7. The molecule has 0 saturated heterocycles. The Morgan fingerprint density at radius 2 is 1.81 bits per heavy atom. The Kier molecular flexibility index (Phi) is 5.09. The van der Waals surface area contributed by atoms with Crippen LogP contribution in [-0.4, -0.2) is 29.3 Å². The van der Waals surface area contributed by atoms with Gasteiger partial charge in [-0.1, -0.05) is 23.7 Å². The maximum absolute atomic E-state index is 13.7. The Morgan fingerprint density at radius 3 is 2.44 bits per heavy atom. The zero-order valence-corrected chi connectivity index (χ0v) is 14.2. The Morgan fingerprint density at radius 1 is 1.15 bits per heavy atom. The third-order valence-corrected chi connectivity index (χ3v) is 3.94. The maximum Gasteiger partial charge on any atom is 0.355 e. The summed E-state index contributed by atoms with van der Waals surface area (Å²) in [6, 6.07) is 10.7. The lowest BCUT2D eigenvalue weighted by Crippen LogP contribution is -2.24. The van der Waals surface area contributed by atoms with Crippen molar-refractivity contribution in [2.75, 3.05) is 5.32 Å². The fourth-order valence-electron chi connectivity index (χ4n) is 2.26. The molecule has 0 spiro atoms. The van der Waals surface area contributed by atoms with Gasteiger partial charge in [0.1, 0.15) is 11.5 Å². The largest absolute Gasteiger partial charge is 0.478 e. The number of carbonyl (C=O) groups excluding carboxylic acids is 2. The van der Waals surface area contributed by atoms with Gasteiger partial charge in [0.05, 0.1) is 11.1 Å². The second kappa shape index (κ2) is 7.46. The fourth-order valence-corrected chi connectivity index (χ4v) is 2.44. The summed E-state index contributed by atoms with van der Waals surface area (Å²) in [7, 11) is 0. The van der Waals surface area contributed by atoms with Gasteiger partial charge in [0.15, 0.2) is 5.03 Å². The third kappa shape index (κ3) is 3.90. The highest BCUT2D eigenvalue weighted by Crippen LogP contribution is 2.29. The smallest absolute Gasteiger partial charge is 0.355 e. The molecule has 0 aromatic heterocycles. The molecule has 0 amide bonds. The second-order valence-electron chi connectivity index (χ2n) is 5.36. The van der Waals surface area contributed by atoms with Crippen LogP contribution < -0.4 is 5.32 Å². The van der Waals surface area contributed by atoms with E-state index in [1.807, 2.05) is 0 Å². The predicted octanol–water partition coefficient (Wildman–Crippen LogP) is 3.13. The van der Waals surface area contributed by atoms with E-state index in [0.717, 1.165) is 6.07 Å². The lowest BCUT2D eigenvalue weighted by Gasteiger charge is -2.16. The van der Waals surface area contributed by atoms with E-state index in [9.17, 15) is 18.8 Å². The van der Waals surface area contributed by atoms with Crippen molar-refractivity contribution in [1.29, 1.82) is 0 Å². The number of nitrogens with one attached hydrogen (secondary N) is 1. The molecule has 3 rings (SSSR count). The van der Waals surface area contributed by atoms with Crippen molar-refractivity contribution < 1.29 is 33.4 Å². The summed E-state index contributed by atoms with van der Waals surface area (Å²) >= 11 is 5.90. The van der Waals surface area contributed by atoms with Crippen molar-refractivity contribution >= 4 is 35.2 Å². The molecule has 2 aromatic carbocycles. The monoisotopic (exact) mass is 391 g/mol. The van der Waals surface area contributed by atoms with Crippen LogP contribution in [0.25, 0.3) is 0 Å². The van der Waals surface area contributed by atoms with Crippen molar-refractivity contribution in [1.82, 2.24) is 0 Å². The second-order valence-corrected chi connectivity index (χ2v) is 5.74. The third-order valence-electron chi connectivity index (χ3n) is 3.58. The summed E-state index contributed by atoms with van der Waals surface area (Å²) in [6.45, 7) is 0. The van der Waals surface area contributed by atoms with E-state index in [-0.39, 0.29) is 21.9 Å². The van der Waals surface area contributed by atoms with E-state index in [2.05, 4.69) is 5.32 Å². The van der Waals surface area contributed by atoms with Crippen LogP contribution in [0.2, 0.25) is 0 Å². The number of halogens is 2. The van der Waals surface area contributed by atoms with Gasteiger partial charge >= 0.3 is 17.9 Å². The van der Waals surface area contributed by atoms with E-state index >= 15 is 0 Å². The zero-order chi connectivity index (χ0) is 19.6. The minimum absolute atomic E-state index is 0.0573. The van der Waals surface area contributed by atoms with Crippen molar-refractivity contribution in [2.45, 2.75) is 6.29 Å². The number of anilines is 1. The van der Waals surface area contributed by atoms with Gasteiger partial charge in [0.2, 0.25) is 0 Å². The normalized spacial score (nSPS) is 16.1. The quantitative estimate of drug-likeness (QED) is 0.755. The van der Waals surface area contributed by atoms with Crippen LogP contribution in [0.15, 0.2) is 59.3 Å². The van der Waals surface area contributed by atoms with Gasteiger partial charge in [0, 0.05) is 5.69 Å². The number of hydrogen-bond donors (Lipinski definition) is 2. The van der Waals surface area contributed by atoms with E-state index in [1.165, 1.54) is 42.5 Å². The Labute approximate surface area is 157 Å². The molecular weight excluding hydrogens is 381 g/mol.